The Morgan fingerprint density at radius 2 is 0.891 bits per heavy atom. The first-order valence-electron chi connectivity index (χ1n) is 37.3. The van der Waals surface area contributed by atoms with E-state index in [0.29, 0.717) is 90.1 Å². The van der Waals surface area contributed by atoms with Crippen LogP contribution in [0.2, 0.25) is 0 Å². The number of nitrogens with two attached hydrogens (primary N) is 2. The van der Waals surface area contributed by atoms with Crippen LogP contribution >= 0.6 is 0 Å². The molecule has 0 spiro atoms. The minimum absolute atomic E-state index is 0.109. The van der Waals surface area contributed by atoms with E-state index in [0.717, 1.165) is 19.3 Å². The van der Waals surface area contributed by atoms with Gasteiger partial charge in [0.15, 0.2) is 5.78 Å². The summed E-state index contributed by atoms with van der Waals surface area (Å²) in [6.07, 6.45) is 17.5. The van der Waals surface area contributed by atoms with Crippen molar-refractivity contribution in [2.24, 2.45) is 23.3 Å². The molecule has 101 heavy (non-hydrogen) atoms. The number of nitrogens with one attached hydrogen (secondary N) is 7. The topological polar surface area (TPSA) is 449 Å². The molecule has 566 valence electrons. The summed E-state index contributed by atoms with van der Waals surface area (Å²) < 4.78 is 0. The number of carboxylic acids is 1. The van der Waals surface area contributed by atoms with Gasteiger partial charge in [0.1, 0.15) is 60.4 Å². The van der Waals surface area contributed by atoms with Crippen LogP contribution in [0.15, 0.2) is 0 Å². The van der Waals surface area contributed by atoms with Crippen LogP contribution in [0.5, 0.6) is 0 Å². The molecule has 0 aromatic heterocycles. The van der Waals surface area contributed by atoms with Crippen molar-refractivity contribution in [3.8, 4) is 0 Å². The van der Waals surface area contributed by atoms with Gasteiger partial charge in [0.2, 0.25) is 76.8 Å². The standard InChI is InChI=1S/C70H114N14O17/c1-5-6-7-8-9-10-11-12-13-14-15-32-56(86)73-41-57(87)77-48(26-16-17-35-71)63(94)78-49(33-34-58(88)89)62(93)74-43(2)59(90)46-24-18-25-47(46)67(98)81-37-20-28-52(81)65(96)76-45(4)66(97)83-39-22-30-54(83)70(101)82-38-21-29-53(82)64(95)75-44(3)61(92)79-50(42-85)68(99)84-40-23-31-55(84)69(100)80-36-19-27-51(80)60(72)91/h43-55,85H,5-42,71H2,1-4H3,(H2,72,91)(H,73,86)(H,74,93)(H,75,95)(H,76,96)(H,77,87)(H,78,94)(H,79,92)(H,88,89)/t43-,44-,45-,46?,47+,48-,49-,50-,51-,52-,53-,54-,55-/m0/s1. The number of aliphatic hydroxyl groups is 1. The molecule has 6 aliphatic rings. The molecular formula is C70H114N14O17. The van der Waals surface area contributed by atoms with Crippen molar-refractivity contribution >= 4 is 88.5 Å². The molecule has 6 rings (SSSR count). The number of ketones is 1. The number of hydrogen-bond donors (Lipinski definition) is 11. The SMILES string of the molecule is CCCCCCCCCCCCCC(=O)NCC(=O)N[C@@H](CCCCN)C(=O)N[C@@H](CCC(=O)O)C(=O)N[C@@H](C)C(=O)C1CCC[C@H]1C(=O)N1CCC[C@H]1C(=O)N[C@@H](C)C(=O)N1CCC[C@H]1C(=O)N1CCC[C@H]1C(=O)N[C@@H](C)C(=O)N[C@@H](CO)C(=O)N1CCC[C@H]1C(=O)N1CCC[C@H]1C(N)=O. The molecule has 1 saturated carbocycles. The second-order valence-electron chi connectivity index (χ2n) is 28.3. The zero-order valence-electron chi connectivity index (χ0n) is 59.8. The summed E-state index contributed by atoms with van der Waals surface area (Å²) in [4.78, 5) is 210. The largest absolute Gasteiger partial charge is 0.481 e. The van der Waals surface area contributed by atoms with Gasteiger partial charge < -0.3 is 83.4 Å². The van der Waals surface area contributed by atoms with Gasteiger partial charge in [0.25, 0.3) is 0 Å². The van der Waals surface area contributed by atoms with E-state index in [9.17, 15) is 82.1 Å². The Morgan fingerprint density at radius 3 is 1.44 bits per heavy atom. The first-order valence-corrected chi connectivity index (χ1v) is 37.3. The molecule has 1 unspecified atom stereocenters. The van der Waals surface area contributed by atoms with Crippen molar-refractivity contribution < 1.29 is 82.1 Å². The van der Waals surface area contributed by atoms with Crippen molar-refractivity contribution in [3.63, 3.8) is 0 Å². The Bertz CT molecular complexity index is 2920. The van der Waals surface area contributed by atoms with E-state index >= 15 is 0 Å². The van der Waals surface area contributed by atoms with Crippen LogP contribution in [0.4, 0.5) is 0 Å². The van der Waals surface area contributed by atoms with Gasteiger partial charge >= 0.3 is 5.97 Å². The van der Waals surface area contributed by atoms with Gasteiger partial charge in [0.05, 0.1) is 19.2 Å². The minimum Gasteiger partial charge on any atom is -0.481 e. The van der Waals surface area contributed by atoms with Crippen LogP contribution in [-0.4, -0.2) is 242 Å². The number of Topliss-reactive ketones (excluding diaryl/α,β-unsaturated/α-hetero) is 1. The van der Waals surface area contributed by atoms with E-state index in [1.54, 1.807) is 0 Å². The monoisotopic (exact) mass is 1420 g/mol. The summed E-state index contributed by atoms with van der Waals surface area (Å²) >= 11 is 0. The number of aliphatic carboxylic acids is 1. The molecule has 31 nitrogen and oxygen atoms in total. The number of rotatable bonds is 41. The van der Waals surface area contributed by atoms with Gasteiger partial charge in [-0.15, -0.1) is 0 Å². The summed E-state index contributed by atoms with van der Waals surface area (Å²) in [6, 6.07) is -12.5. The summed E-state index contributed by atoms with van der Waals surface area (Å²) in [6.45, 7) is 6.53. The lowest BCUT2D eigenvalue weighted by atomic mass is 9.87. The van der Waals surface area contributed by atoms with Crippen molar-refractivity contribution in [2.75, 3.05) is 52.4 Å². The number of aliphatic hydroxyl groups excluding tert-OH is 1. The molecule has 13 N–H and O–H groups in total. The lowest BCUT2D eigenvalue weighted by molar-refractivity contribution is -0.149. The highest BCUT2D eigenvalue weighted by Crippen LogP contribution is 2.37. The molecule has 5 aliphatic heterocycles. The van der Waals surface area contributed by atoms with Crippen LogP contribution in [0.3, 0.4) is 0 Å². The Hall–Kier alpha value is -7.83. The van der Waals surface area contributed by atoms with Crippen LogP contribution in [0.25, 0.3) is 0 Å². The van der Waals surface area contributed by atoms with Gasteiger partial charge in [0, 0.05) is 57.4 Å². The number of nitrogens with zero attached hydrogens (tertiary/aromatic N) is 5. The number of unbranched alkanes of at least 4 members (excludes halogenated alkanes) is 11. The molecule has 0 aromatic rings. The number of likely N-dealkylation sites (tertiary alicyclic amines) is 5. The van der Waals surface area contributed by atoms with E-state index in [2.05, 4.69) is 44.1 Å². The second kappa shape index (κ2) is 41.3. The van der Waals surface area contributed by atoms with Gasteiger partial charge in [-0.25, -0.2) is 0 Å². The Labute approximate surface area is 592 Å². The molecule has 5 saturated heterocycles. The third kappa shape index (κ3) is 23.6. The fourth-order valence-corrected chi connectivity index (χ4v) is 15.1. The maximum atomic E-state index is 14.5. The number of primary amides is 1. The summed E-state index contributed by atoms with van der Waals surface area (Å²) in [5.41, 5.74) is 11.3. The number of carbonyl (C=O) groups is 15. The fourth-order valence-electron chi connectivity index (χ4n) is 15.1. The third-order valence-electron chi connectivity index (χ3n) is 20.8. The normalized spacial score (nSPS) is 22.9. The van der Waals surface area contributed by atoms with Crippen molar-refractivity contribution in [1.29, 1.82) is 0 Å². The molecule has 0 bridgehead atoms. The first kappa shape index (κ1) is 82.1. The average Bonchev–Trinajstić information content (AvgIpc) is 1.69. The predicted octanol–water partition coefficient (Wildman–Crippen LogP) is 0.184. The number of carbonyl (C=O) groups excluding carboxylic acids is 14. The van der Waals surface area contributed by atoms with Crippen molar-refractivity contribution in [1.82, 2.24) is 61.7 Å². The van der Waals surface area contributed by atoms with E-state index in [-0.39, 0.29) is 77.0 Å². The van der Waals surface area contributed by atoms with Crippen molar-refractivity contribution in [3.05, 3.63) is 0 Å². The molecule has 1 aliphatic carbocycles. The van der Waals surface area contributed by atoms with Crippen LogP contribution in [0, 0.1) is 11.8 Å². The number of hydrogen-bond acceptors (Lipinski definition) is 17. The maximum absolute atomic E-state index is 14.5. The smallest absolute Gasteiger partial charge is 0.303 e. The molecular weight excluding hydrogens is 1310 g/mol. The summed E-state index contributed by atoms with van der Waals surface area (Å²) in [5.74, 6) is -11.6. The molecule has 0 aromatic carbocycles. The number of carboxylic acid groups (broad SMARTS) is 1. The predicted molar refractivity (Wildman–Crippen MR) is 368 cm³/mol. The zero-order valence-corrected chi connectivity index (χ0v) is 59.8. The molecule has 0 radical (unpaired) electrons. The van der Waals surface area contributed by atoms with Gasteiger partial charge in [-0.3, -0.25) is 71.9 Å². The first-order chi connectivity index (χ1) is 48.3. The molecule has 5 heterocycles. The van der Waals surface area contributed by atoms with Crippen LogP contribution in [0.1, 0.15) is 220 Å². The van der Waals surface area contributed by atoms with Crippen LogP contribution < -0.4 is 48.7 Å². The van der Waals surface area contributed by atoms with Gasteiger partial charge in [-0.1, -0.05) is 77.6 Å². The van der Waals surface area contributed by atoms with E-state index < -0.39 is 181 Å². The van der Waals surface area contributed by atoms with E-state index in [4.69, 9.17) is 11.5 Å². The highest BCUT2D eigenvalue weighted by molar-refractivity contribution is 6.01. The Morgan fingerprint density at radius 1 is 0.426 bits per heavy atom. The fraction of sp³-hybridized carbons (Fsp3) is 0.786. The summed E-state index contributed by atoms with van der Waals surface area (Å²) in [5, 5.41) is 38.1. The zero-order chi connectivity index (χ0) is 73.9. The Balaban J connectivity index is 0.973. The second-order valence-corrected chi connectivity index (χ2v) is 28.3. The highest BCUT2D eigenvalue weighted by atomic mass is 16.4. The Kier molecular flexibility index (Phi) is 33.6. The maximum Gasteiger partial charge on any atom is 0.303 e. The minimum atomic E-state index is -1.47. The molecule has 31 heteroatoms. The lowest BCUT2D eigenvalue weighted by Gasteiger charge is -2.33. The van der Waals surface area contributed by atoms with Gasteiger partial charge in [-0.2, -0.15) is 0 Å². The number of amides is 13. The van der Waals surface area contributed by atoms with Crippen molar-refractivity contribution in [2.45, 2.75) is 287 Å². The van der Waals surface area contributed by atoms with Gasteiger partial charge in [-0.05, 0) is 136 Å². The lowest BCUT2D eigenvalue weighted by Crippen LogP contribution is -2.59. The quantitative estimate of drug-likeness (QED) is 0.0364. The molecule has 6 fully saturated rings. The highest BCUT2D eigenvalue weighted by Gasteiger charge is 2.48. The molecule has 13 amide bonds. The third-order valence-corrected chi connectivity index (χ3v) is 20.8. The summed E-state index contributed by atoms with van der Waals surface area (Å²) in [7, 11) is 0. The van der Waals surface area contributed by atoms with E-state index in [1.807, 2.05) is 0 Å². The average molecular weight is 1420 g/mol. The van der Waals surface area contributed by atoms with Crippen LogP contribution in [-0.2, 0) is 71.9 Å². The molecule has 13 atom stereocenters. The van der Waals surface area contributed by atoms with E-state index in [1.165, 1.54) is 90.2 Å².